The molecule has 2 heterocycles. The van der Waals surface area contributed by atoms with Gasteiger partial charge in [-0.15, -0.1) is 11.3 Å². The molecular formula is C16H19BN2O7S. The molecule has 9 nitrogen and oxygen atoms in total. The van der Waals surface area contributed by atoms with Crippen LogP contribution in [-0.4, -0.2) is 59.3 Å². The van der Waals surface area contributed by atoms with Crippen molar-refractivity contribution in [2.24, 2.45) is 5.16 Å². The van der Waals surface area contributed by atoms with Gasteiger partial charge >= 0.3 is 13.1 Å². The van der Waals surface area contributed by atoms with Gasteiger partial charge in [-0.05, 0) is 24.8 Å². The number of rotatable bonds is 8. The van der Waals surface area contributed by atoms with Crippen molar-refractivity contribution in [3.63, 3.8) is 0 Å². The van der Waals surface area contributed by atoms with Gasteiger partial charge in [-0.25, -0.2) is 4.79 Å². The summed E-state index contributed by atoms with van der Waals surface area (Å²) in [5.74, 6) is -2.72. The maximum Gasteiger partial charge on any atom is 0.478 e. The molecule has 1 aromatic rings. The number of carboxylic acids is 1. The van der Waals surface area contributed by atoms with Crippen LogP contribution in [0.3, 0.4) is 0 Å². The topological polar surface area (TPSA) is 135 Å². The van der Waals surface area contributed by atoms with Crippen molar-refractivity contribution in [3.8, 4) is 0 Å². The first-order valence-electron chi connectivity index (χ1n) is 8.13. The van der Waals surface area contributed by atoms with Gasteiger partial charge in [-0.1, -0.05) is 23.4 Å². The normalized spacial score (nSPS) is 20.1. The maximum atomic E-state index is 12.6. The van der Waals surface area contributed by atoms with E-state index in [0.717, 1.165) is 0 Å². The van der Waals surface area contributed by atoms with E-state index in [4.69, 9.17) is 14.6 Å². The number of hydrogen-bond acceptors (Lipinski definition) is 8. The molecule has 1 aliphatic rings. The molecule has 0 fully saturated rings. The van der Waals surface area contributed by atoms with Gasteiger partial charge in [0, 0.05) is 6.42 Å². The van der Waals surface area contributed by atoms with Crippen molar-refractivity contribution < 1.29 is 34.0 Å². The lowest BCUT2D eigenvalue weighted by Gasteiger charge is -2.20. The zero-order valence-corrected chi connectivity index (χ0v) is 15.3. The number of amides is 1. The second-order valence-corrected chi connectivity index (χ2v) is 6.75. The molecule has 1 aliphatic heterocycles. The quantitative estimate of drug-likeness (QED) is 0.251. The molecule has 0 aliphatic carbocycles. The average molecular weight is 394 g/mol. The number of Topliss-reactive ketones (excluding diaryl/α,β-unsaturated/α-hetero) is 1. The summed E-state index contributed by atoms with van der Waals surface area (Å²) in [5.41, 5.74) is -0.105. The molecule has 3 N–H and O–H groups in total. The Kier molecular flexibility index (Phi) is 7.71. The van der Waals surface area contributed by atoms with Crippen molar-refractivity contribution in [1.82, 2.24) is 5.32 Å². The van der Waals surface area contributed by atoms with E-state index >= 15 is 0 Å². The van der Waals surface area contributed by atoms with Crippen LogP contribution in [-0.2, 0) is 23.9 Å². The monoisotopic (exact) mass is 394 g/mol. The molecule has 2 atom stereocenters. The van der Waals surface area contributed by atoms with Crippen molar-refractivity contribution in [2.75, 3.05) is 6.61 Å². The van der Waals surface area contributed by atoms with Crippen molar-refractivity contribution in [3.05, 3.63) is 34.5 Å². The van der Waals surface area contributed by atoms with Crippen LogP contribution in [0.15, 0.2) is 34.8 Å². The molecule has 11 heteroatoms. The highest BCUT2D eigenvalue weighted by atomic mass is 32.1. The van der Waals surface area contributed by atoms with E-state index in [1.165, 1.54) is 18.3 Å². The van der Waals surface area contributed by atoms with E-state index in [9.17, 15) is 19.4 Å². The molecule has 0 saturated heterocycles. The average Bonchev–Trinajstić information content (AvgIpc) is 3.05. The number of carbonyl (C=O) groups is 3. The molecule has 0 unspecified atom stereocenters. The Morgan fingerprint density at radius 1 is 1.48 bits per heavy atom. The minimum Gasteiger partial charge on any atom is -0.479 e. The van der Waals surface area contributed by atoms with Crippen LogP contribution in [0.2, 0.25) is 0 Å². The highest BCUT2D eigenvalue weighted by Crippen LogP contribution is 2.14. The second kappa shape index (κ2) is 10.00. The summed E-state index contributed by atoms with van der Waals surface area (Å²) in [6.45, 7) is 0.738. The fourth-order valence-corrected chi connectivity index (χ4v) is 3.05. The summed E-state index contributed by atoms with van der Waals surface area (Å²) in [7, 11) is -1.32. The van der Waals surface area contributed by atoms with Crippen LogP contribution < -0.4 is 5.32 Å². The van der Waals surface area contributed by atoms with Gasteiger partial charge in [-0.2, -0.15) is 0 Å². The minimum atomic E-state index is -1.32. The van der Waals surface area contributed by atoms with Gasteiger partial charge in [0.05, 0.1) is 16.9 Å². The first kappa shape index (κ1) is 20.8. The standard InChI is InChI=1S/C16H19BN2O7S/c1-10(20)8-11-4-2-6-13(17(24)26-11)18-16(23)15(12-5-3-7-27-12)19-25-9-14(21)22/h2-5,7,11,13,24H,6,8-9H2,1H3,(H,18,23)(H,21,22)/b19-15-/t11-,13+/m1/s1. The van der Waals surface area contributed by atoms with Gasteiger partial charge < -0.3 is 24.9 Å². The van der Waals surface area contributed by atoms with Crippen LogP contribution in [0.5, 0.6) is 0 Å². The van der Waals surface area contributed by atoms with Crippen LogP contribution >= 0.6 is 11.3 Å². The lowest BCUT2D eigenvalue weighted by atomic mass is 9.77. The van der Waals surface area contributed by atoms with Crippen LogP contribution in [0.4, 0.5) is 0 Å². The summed E-state index contributed by atoms with van der Waals surface area (Å²) in [6.07, 6.45) is 3.23. The van der Waals surface area contributed by atoms with Gasteiger partial charge in [0.1, 0.15) is 5.78 Å². The maximum absolute atomic E-state index is 12.6. The lowest BCUT2D eigenvalue weighted by Crippen LogP contribution is -2.50. The molecule has 144 valence electrons. The van der Waals surface area contributed by atoms with Crippen molar-refractivity contribution >= 4 is 41.8 Å². The molecule has 0 bridgehead atoms. The Balaban J connectivity index is 2.07. The molecule has 0 spiro atoms. The predicted octanol–water partition coefficient (Wildman–Crippen LogP) is 0.382. The third-order valence-corrected chi connectivity index (χ3v) is 4.39. The molecule has 0 radical (unpaired) electrons. The molecule has 27 heavy (non-hydrogen) atoms. The second-order valence-electron chi connectivity index (χ2n) is 5.80. The lowest BCUT2D eigenvalue weighted by molar-refractivity contribution is -0.142. The van der Waals surface area contributed by atoms with Gasteiger partial charge in [-0.3, -0.25) is 9.59 Å². The Bertz CT molecular complexity index is 735. The Hall–Kier alpha value is -2.50. The molecule has 1 amide bonds. The van der Waals surface area contributed by atoms with E-state index in [2.05, 4.69) is 10.5 Å². The number of aliphatic carboxylic acids is 1. The van der Waals surface area contributed by atoms with Gasteiger partial charge in [0.25, 0.3) is 5.91 Å². The Labute approximate surface area is 159 Å². The Morgan fingerprint density at radius 2 is 2.26 bits per heavy atom. The van der Waals surface area contributed by atoms with Crippen LogP contribution in [0.1, 0.15) is 24.6 Å². The number of nitrogens with one attached hydrogen (secondary N) is 1. The van der Waals surface area contributed by atoms with E-state index in [0.29, 0.717) is 4.88 Å². The first-order chi connectivity index (χ1) is 12.9. The highest BCUT2D eigenvalue weighted by molar-refractivity contribution is 7.13. The number of ketones is 1. The SMILES string of the molecule is CC(=O)C[C@H]1C=CC[C@H](NC(=O)/C(=N\OCC(=O)O)c2cccs2)B(O)O1. The number of hydrogen-bond donors (Lipinski definition) is 3. The predicted molar refractivity (Wildman–Crippen MR) is 98.3 cm³/mol. The van der Waals surface area contributed by atoms with E-state index in [1.54, 1.807) is 29.7 Å². The summed E-state index contributed by atoms with van der Waals surface area (Å²) in [5, 5.41) is 26.8. The summed E-state index contributed by atoms with van der Waals surface area (Å²) >= 11 is 1.23. The summed E-state index contributed by atoms with van der Waals surface area (Å²) in [4.78, 5) is 39.6. The van der Waals surface area contributed by atoms with E-state index < -0.39 is 37.6 Å². The number of thiophene rings is 1. The Morgan fingerprint density at radius 3 is 2.89 bits per heavy atom. The fraction of sp³-hybridized carbons (Fsp3) is 0.375. The van der Waals surface area contributed by atoms with Crippen LogP contribution in [0, 0.1) is 0 Å². The number of oxime groups is 1. The van der Waals surface area contributed by atoms with Crippen molar-refractivity contribution in [2.45, 2.75) is 31.8 Å². The number of nitrogens with zero attached hydrogens (tertiary/aromatic N) is 1. The van der Waals surface area contributed by atoms with E-state index in [1.807, 2.05) is 0 Å². The summed E-state index contributed by atoms with van der Waals surface area (Å²) in [6, 6.07) is 3.34. The smallest absolute Gasteiger partial charge is 0.478 e. The first-order valence-corrected chi connectivity index (χ1v) is 9.01. The minimum absolute atomic E-state index is 0.0815. The number of carboxylic acid groups (broad SMARTS) is 1. The zero-order chi connectivity index (χ0) is 19.8. The third kappa shape index (κ3) is 6.63. The molecular weight excluding hydrogens is 375 g/mol. The highest BCUT2D eigenvalue weighted by Gasteiger charge is 2.33. The van der Waals surface area contributed by atoms with Crippen molar-refractivity contribution in [1.29, 1.82) is 0 Å². The molecule has 2 rings (SSSR count). The fourth-order valence-electron chi connectivity index (χ4n) is 2.34. The summed E-state index contributed by atoms with van der Waals surface area (Å²) < 4.78 is 5.41. The molecule has 0 saturated carbocycles. The van der Waals surface area contributed by atoms with Crippen LogP contribution in [0.25, 0.3) is 0 Å². The zero-order valence-electron chi connectivity index (χ0n) is 14.5. The molecule has 1 aromatic heterocycles. The number of carbonyl (C=O) groups excluding carboxylic acids is 2. The van der Waals surface area contributed by atoms with Gasteiger partial charge in [0.15, 0.2) is 5.71 Å². The van der Waals surface area contributed by atoms with E-state index in [-0.39, 0.29) is 24.3 Å². The molecule has 0 aromatic carbocycles. The largest absolute Gasteiger partial charge is 0.479 e. The third-order valence-electron chi connectivity index (χ3n) is 3.52. The van der Waals surface area contributed by atoms with Gasteiger partial charge in [0.2, 0.25) is 6.61 Å².